The average Bonchev–Trinajstić information content (AvgIpc) is 2.90. The molecule has 2 atom stereocenters. The highest BCUT2D eigenvalue weighted by atomic mass is 15.2. The third-order valence-electron chi connectivity index (χ3n) is 4.73. The van der Waals surface area contributed by atoms with Gasteiger partial charge < -0.3 is 15.1 Å². The zero-order valence-corrected chi connectivity index (χ0v) is 11.8. The van der Waals surface area contributed by atoms with Crippen LogP contribution in [0.3, 0.4) is 0 Å². The van der Waals surface area contributed by atoms with Gasteiger partial charge in [-0.2, -0.15) is 0 Å². The summed E-state index contributed by atoms with van der Waals surface area (Å²) in [7, 11) is 4.53. The molecule has 0 aromatic carbocycles. The Kier molecular flexibility index (Phi) is 4.83. The maximum atomic E-state index is 3.71. The number of likely N-dealkylation sites (N-methyl/N-ethyl adjacent to an activating group) is 2. The van der Waals surface area contributed by atoms with Gasteiger partial charge >= 0.3 is 0 Å². The van der Waals surface area contributed by atoms with E-state index in [0.29, 0.717) is 6.04 Å². The van der Waals surface area contributed by atoms with Crippen LogP contribution in [0.2, 0.25) is 0 Å². The molecule has 3 nitrogen and oxygen atoms in total. The first kappa shape index (κ1) is 13.3. The molecule has 1 N–H and O–H groups in total. The normalized spacial score (nSPS) is 31.8. The van der Waals surface area contributed by atoms with Crippen LogP contribution in [0.5, 0.6) is 0 Å². The lowest BCUT2D eigenvalue weighted by molar-refractivity contribution is 0.242. The van der Waals surface area contributed by atoms with Crippen molar-refractivity contribution >= 4 is 0 Å². The van der Waals surface area contributed by atoms with E-state index < -0.39 is 0 Å². The van der Waals surface area contributed by atoms with Gasteiger partial charge in [0.1, 0.15) is 0 Å². The van der Waals surface area contributed by atoms with Crippen LogP contribution >= 0.6 is 0 Å². The van der Waals surface area contributed by atoms with Gasteiger partial charge in [-0.05, 0) is 40.3 Å². The van der Waals surface area contributed by atoms with E-state index in [2.05, 4.69) is 36.1 Å². The van der Waals surface area contributed by atoms with Crippen molar-refractivity contribution in [2.24, 2.45) is 0 Å². The van der Waals surface area contributed by atoms with Crippen molar-refractivity contribution < 1.29 is 0 Å². The summed E-state index contributed by atoms with van der Waals surface area (Å²) in [5.41, 5.74) is 0. The first-order valence-electron chi connectivity index (χ1n) is 7.30. The Morgan fingerprint density at radius 2 is 2.00 bits per heavy atom. The number of rotatable bonds is 5. The summed E-state index contributed by atoms with van der Waals surface area (Å²) in [5, 5.41) is 3.71. The molecule has 3 heteroatoms. The van der Waals surface area contributed by atoms with Crippen molar-refractivity contribution in [2.75, 3.05) is 33.7 Å². The van der Waals surface area contributed by atoms with Crippen molar-refractivity contribution in [1.29, 1.82) is 0 Å². The van der Waals surface area contributed by atoms with Crippen molar-refractivity contribution in [3.63, 3.8) is 0 Å². The molecule has 1 saturated carbocycles. The number of hydrogen-bond donors (Lipinski definition) is 1. The molecule has 1 saturated heterocycles. The number of nitrogens with zero attached hydrogens (tertiary/aromatic N) is 2. The molecular weight excluding hydrogens is 210 g/mol. The maximum absolute atomic E-state index is 3.71. The minimum absolute atomic E-state index is 0.715. The van der Waals surface area contributed by atoms with Crippen LogP contribution in [0.4, 0.5) is 0 Å². The lowest BCUT2D eigenvalue weighted by Gasteiger charge is -2.24. The largest absolute Gasteiger partial charge is 0.311 e. The van der Waals surface area contributed by atoms with E-state index in [-0.39, 0.29) is 0 Å². The molecule has 2 unspecified atom stereocenters. The van der Waals surface area contributed by atoms with Gasteiger partial charge in [-0.15, -0.1) is 0 Å². The Morgan fingerprint density at radius 3 is 2.59 bits per heavy atom. The second-order valence-corrected chi connectivity index (χ2v) is 6.09. The lowest BCUT2D eigenvalue weighted by atomic mass is 10.2. The Morgan fingerprint density at radius 1 is 1.29 bits per heavy atom. The van der Waals surface area contributed by atoms with Crippen molar-refractivity contribution in [3.05, 3.63) is 0 Å². The summed E-state index contributed by atoms with van der Waals surface area (Å²) in [6.07, 6.45) is 7.02. The van der Waals surface area contributed by atoms with Gasteiger partial charge in [0.2, 0.25) is 0 Å². The van der Waals surface area contributed by atoms with Gasteiger partial charge in [-0.25, -0.2) is 0 Å². The second kappa shape index (κ2) is 6.17. The van der Waals surface area contributed by atoms with E-state index in [1.54, 1.807) is 0 Å². The van der Waals surface area contributed by atoms with E-state index in [9.17, 15) is 0 Å². The van der Waals surface area contributed by atoms with Gasteiger partial charge in [0.15, 0.2) is 0 Å². The average molecular weight is 239 g/mol. The number of hydrogen-bond acceptors (Lipinski definition) is 3. The first-order valence-corrected chi connectivity index (χ1v) is 7.30. The molecule has 1 aliphatic carbocycles. The third kappa shape index (κ3) is 3.67. The fourth-order valence-corrected chi connectivity index (χ4v) is 3.31. The van der Waals surface area contributed by atoms with Crippen LogP contribution in [-0.2, 0) is 0 Å². The minimum Gasteiger partial charge on any atom is -0.311 e. The molecule has 1 heterocycles. The highest BCUT2D eigenvalue weighted by Crippen LogP contribution is 2.22. The van der Waals surface area contributed by atoms with E-state index in [0.717, 1.165) is 18.6 Å². The SMILES string of the molecule is CC1CC(NCCN(C)C2CCCC2)CN1C. The van der Waals surface area contributed by atoms with Crippen LogP contribution in [0.1, 0.15) is 39.0 Å². The first-order chi connectivity index (χ1) is 8.16. The van der Waals surface area contributed by atoms with Gasteiger partial charge in [0.05, 0.1) is 0 Å². The molecule has 2 aliphatic rings. The Bertz CT molecular complexity index is 214. The van der Waals surface area contributed by atoms with Crippen molar-refractivity contribution in [1.82, 2.24) is 15.1 Å². The fraction of sp³-hybridized carbons (Fsp3) is 1.00. The van der Waals surface area contributed by atoms with E-state index in [4.69, 9.17) is 0 Å². The summed E-state index contributed by atoms with van der Waals surface area (Å²) < 4.78 is 0. The number of nitrogens with one attached hydrogen (secondary N) is 1. The third-order valence-corrected chi connectivity index (χ3v) is 4.73. The smallest absolute Gasteiger partial charge is 0.0210 e. The molecule has 0 aromatic rings. The Balaban J connectivity index is 1.59. The monoisotopic (exact) mass is 239 g/mol. The number of likely N-dealkylation sites (tertiary alicyclic amines) is 1. The summed E-state index contributed by atoms with van der Waals surface area (Å²) in [6.45, 7) is 5.90. The molecule has 0 amide bonds. The zero-order chi connectivity index (χ0) is 12.3. The Labute approximate surface area is 107 Å². The summed E-state index contributed by atoms with van der Waals surface area (Å²) in [5.74, 6) is 0. The molecule has 1 aliphatic heterocycles. The highest BCUT2D eigenvalue weighted by Gasteiger charge is 2.25. The van der Waals surface area contributed by atoms with E-state index >= 15 is 0 Å². The summed E-state index contributed by atoms with van der Waals surface area (Å²) in [6, 6.07) is 2.33. The van der Waals surface area contributed by atoms with E-state index in [1.807, 2.05) is 0 Å². The molecule has 0 radical (unpaired) electrons. The molecule has 2 fully saturated rings. The zero-order valence-electron chi connectivity index (χ0n) is 11.8. The topological polar surface area (TPSA) is 18.5 Å². The van der Waals surface area contributed by atoms with Gasteiger partial charge in [-0.3, -0.25) is 0 Å². The van der Waals surface area contributed by atoms with Crippen LogP contribution in [-0.4, -0.2) is 61.7 Å². The maximum Gasteiger partial charge on any atom is 0.0210 e. The van der Waals surface area contributed by atoms with Crippen LogP contribution in [0.25, 0.3) is 0 Å². The lowest BCUT2D eigenvalue weighted by Crippen LogP contribution is -2.39. The van der Waals surface area contributed by atoms with Crippen molar-refractivity contribution in [2.45, 2.75) is 57.2 Å². The summed E-state index contributed by atoms with van der Waals surface area (Å²) >= 11 is 0. The molecule has 2 rings (SSSR count). The Hall–Kier alpha value is -0.120. The predicted octanol–water partition coefficient (Wildman–Crippen LogP) is 1.54. The van der Waals surface area contributed by atoms with Gasteiger partial charge in [0.25, 0.3) is 0 Å². The van der Waals surface area contributed by atoms with Crippen molar-refractivity contribution in [3.8, 4) is 0 Å². The quantitative estimate of drug-likeness (QED) is 0.785. The molecule has 17 heavy (non-hydrogen) atoms. The molecule has 0 spiro atoms. The fourth-order valence-electron chi connectivity index (χ4n) is 3.31. The molecule has 0 bridgehead atoms. The standard InChI is InChI=1S/C14H29N3/c1-12-10-13(11-17(12)3)15-8-9-16(2)14-6-4-5-7-14/h12-15H,4-11H2,1-3H3. The minimum atomic E-state index is 0.715. The van der Waals surface area contributed by atoms with Crippen LogP contribution < -0.4 is 5.32 Å². The van der Waals surface area contributed by atoms with Gasteiger partial charge in [0, 0.05) is 37.8 Å². The molecule has 100 valence electrons. The van der Waals surface area contributed by atoms with Gasteiger partial charge in [-0.1, -0.05) is 12.8 Å². The molecular formula is C14H29N3. The molecule has 0 aromatic heterocycles. The van der Waals surface area contributed by atoms with Crippen LogP contribution in [0.15, 0.2) is 0 Å². The highest BCUT2D eigenvalue weighted by molar-refractivity contribution is 4.85. The second-order valence-electron chi connectivity index (χ2n) is 6.09. The predicted molar refractivity (Wildman–Crippen MR) is 73.4 cm³/mol. The van der Waals surface area contributed by atoms with E-state index in [1.165, 1.54) is 45.2 Å². The summed E-state index contributed by atoms with van der Waals surface area (Å²) in [4.78, 5) is 5.01. The van der Waals surface area contributed by atoms with Crippen LogP contribution in [0, 0.1) is 0 Å².